The Labute approximate surface area is 167 Å². The molecule has 0 aromatic heterocycles. The molecule has 0 radical (unpaired) electrons. The van der Waals surface area contributed by atoms with Crippen molar-refractivity contribution in [2.75, 3.05) is 7.11 Å². The predicted octanol–water partition coefficient (Wildman–Crippen LogP) is 2.64. The van der Waals surface area contributed by atoms with Crippen LogP contribution in [-0.2, 0) is 16.1 Å². The number of carbonyl (C=O) groups excluding carboxylic acids is 2. The molecular formula is C21H20N2O6. The fraction of sp³-hybridized carbons (Fsp3) is 0.190. The quantitative estimate of drug-likeness (QED) is 0.551. The molecule has 1 atom stereocenters. The molecule has 8 nitrogen and oxygen atoms in total. The number of aliphatic carboxylic acids is 1. The third-order valence-corrected chi connectivity index (χ3v) is 4.30. The number of methoxy groups -OCH3 is 1. The van der Waals surface area contributed by atoms with Crippen LogP contribution in [-0.4, -0.2) is 41.1 Å². The van der Waals surface area contributed by atoms with Crippen molar-refractivity contribution in [1.82, 2.24) is 10.2 Å². The minimum Gasteiger partial charge on any atom is -0.493 e. The summed E-state index contributed by atoms with van der Waals surface area (Å²) in [5.41, 5.74) is 1.57. The van der Waals surface area contributed by atoms with Crippen molar-refractivity contribution in [3.8, 4) is 11.5 Å². The molecule has 1 heterocycles. The first-order valence-electron chi connectivity index (χ1n) is 8.85. The highest BCUT2D eigenvalue weighted by atomic mass is 16.5. The van der Waals surface area contributed by atoms with E-state index in [-0.39, 0.29) is 18.0 Å². The molecule has 1 aliphatic rings. The second kappa shape index (κ2) is 8.47. The van der Waals surface area contributed by atoms with Gasteiger partial charge in [0.05, 0.1) is 13.7 Å². The third-order valence-electron chi connectivity index (χ3n) is 4.30. The normalized spacial score (nSPS) is 15.9. The van der Waals surface area contributed by atoms with Gasteiger partial charge in [0.25, 0.3) is 5.91 Å². The molecule has 3 amide bonds. The smallest absolute Gasteiger partial charge is 0.344 e. The van der Waals surface area contributed by atoms with Crippen molar-refractivity contribution < 1.29 is 29.0 Å². The molecule has 29 heavy (non-hydrogen) atoms. The van der Waals surface area contributed by atoms with E-state index < -0.39 is 24.0 Å². The minimum absolute atomic E-state index is 0.139. The molecule has 150 valence electrons. The Morgan fingerprint density at radius 1 is 1.17 bits per heavy atom. The van der Waals surface area contributed by atoms with E-state index in [0.29, 0.717) is 11.3 Å². The Bertz CT molecular complexity index is 970. The number of imide groups is 1. The van der Waals surface area contributed by atoms with Crippen molar-refractivity contribution in [3.05, 3.63) is 65.4 Å². The highest BCUT2D eigenvalue weighted by Crippen LogP contribution is 2.30. The number of carboxylic acid groups (broad SMARTS) is 1. The zero-order valence-electron chi connectivity index (χ0n) is 15.9. The summed E-state index contributed by atoms with van der Waals surface area (Å²) in [5.74, 6) is -0.962. The molecule has 1 aliphatic heterocycles. The van der Waals surface area contributed by atoms with Gasteiger partial charge in [0.1, 0.15) is 5.70 Å². The molecular weight excluding hydrogens is 376 g/mol. The Balaban J connectivity index is 1.80. The highest BCUT2D eigenvalue weighted by Gasteiger charge is 2.33. The predicted molar refractivity (Wildman–Crippen MR) is 104 cm³/mol. The van der Waals surface area contributed by atoms with Gasteiger partial charge in [-0.15, -0.1) is 0 Å². The van der Waals surface area contributed by atoms with E-state index in [1.807, 2.05) is 30.3 Å². The van der Waals surface area contributed by atoms with Crippen LogP contribution in [0, 0.1) is 0 Å². The van der Waals surface area contributed by atoms with Crippen LogP contribution in [0.3, 0.4) is 0 Å². The fourth-order valence-corrected chi connectivity index (χ4v) is 2.76. The second-order valence-electron chi connectivity index (χ2n) is 6.37. The molecule has 3 rings (SSSR count). The van der Waals surface area contributed by atoms with E-state index in [0.717, 1.165) is 10.5 Å². The summed E-state index contributed by atoms with van der Waals surface area (Å²) in [7, 11) is 1.43. The summed E-state index contributed by atoms with van der Waals surface area (Å²) >= 11 is 0. The first kappa shape index (κ1) is 19.9. The summed E-state index contributed by atoms with van der Waals surface area (Å²) in [4.78, 5) is 36.9. The number of hydrogen-bond donors (Lipinski definition) is 2. The molecule has 1 saturated heterocycles. The van der Waals surface area contributed by atoms with E-state index in [9.17, 15) is 14.4 Å². The number of nitrogens with one attached hydrogen (secondary N) is 1. The summed E-state index contributed by atoms with van der Waals surface area (Å²) in [6, 6.07) is 13.5. The molecule has 1 unspecified atom stereocenters. The summed E-state index contributed by atoms with van der Waals surface area (Å²) in [6.45, 7) is 1.58. The molecule has 2 N–H and O–H groups in total. The maximum Gasteiger partial charge on any atom is 0.344 e. The third kappa shape index (κ3) is 4.55. The average molecular weight is 396 g/mol. The lowest BCUT2D eigenvalue weighted by molar-refractivity contribution is -0.144. The van der Waals surface area contributed by atoms with Gasteiger partial charge >= 0.3 is 12.0 Å². The summed E-state index contributed by atoms with van der Waals surface area (Å²) in [5, 5.41) is 11.5. The van der Waals surface area contributed by atoms with Gasteiger partial charge in [-0.1, -0.05) is 36.4 Å². The average Bonchev–Trinajstić information content (AvgIpc) is 2.97. The molecule has 2 aromatic rings. The largest absolute Gasteiger partial charge is 0.493 e. The second-order valence-corrected chi connectivity index (χ2v) is 6.37. The number of nitrogens with zero attached hydrogens (tertiary/aromatic N) is 1. The van der Waals surface area contributed by atoms with Crippen LogP contribution in [0.5, 0.6) is 11.5 Å². The van der Waals surface area contributed by atoms with Gasteiger partial charge in [-0.3, -0.25) is 9.69 Å². The molecule has 2 aromatic carbocycles. The Morgan fingerprint density at radius 3 is 2.55 bits per heavy atom. The van der Waals surface area contributed by atoms with Crippen LogP contribution in [0.4, 0.5) is 4.79 Å². The standard InChI is InChI=1S/C21H20N2O6/c1-13(20(25)26)29-17-9-8-15(11-18(17)28-2)10-16-19(24)23(21(27)22-16)12-14-6-4-3-5-7-14/h3-11,13H,12H2,1-2H3,(H,22,27)(H,25,26)/b16-10+. The van der Waals surface area contributed by atoms with Crippen LogP contribution in [0.15, 0.2) is 54.2 Å². The number of urea groups is 1. The Morgan fingerprint density at radius 2 is 1.90 bits per heavy atom. The first-order chi connectivity index (χ1) is 13.9. The molecule has 0 saturated carbocycles. The maximum absolute atomic E-state index is 12.6. The van der Waals surface area contributed by atoms with Gasteiger partial charge < -0.3 is 19.9 Å². The van der Waals surface area contributed by atoms with E-state index >= 15 is 0 Å². The van der Waals surface area contributed by atoms with Gasteiger partial charge in [0.15, 0.2) is 17.6 Å². The number of carboxylic acids is 1. The molecule has 1 fully saturated rings. The first-order valence-corrected chi connectivity index (χ1v) is 8.85. The number of carbonyl (C=O) groups is 3. The van der Waals surface area contributed by atoms with Crippen LogP contribution in [0.25, 0.3) is 6.08 Å². The summed E-state index contributed by atoms with van der Waals surface area (Å²) < 4.78 is 10.6. The van der Waals surface area contributed by atoms with Gasteiger partial charge in [0.2, 0.25) is 0 Å². The van der Waals surface area contributed by atoms with E-state index in [2.05, 4.69) is 5.32 Å². The SMILES string of the molecule is COc1cc(/C=C2/NC(=O)N(Cc3ccccc3)C2=O)ccc1OC(C)C(=O)O. The number of rotatable bonds is 7. The van der Waals surface area contributed by atoms with Gasteiger partial charge in [-0.25, -0.2) is 9.59 Å². The van der Waals surface area contributed by atoms with Crippen LogP contribution in [0.2, 0.25) is 0 Å². The Kier molecular flexibility index (Phi) is 5.82. The lowest BCUT2D eigenvalue weighted by Crippen LogP contribution is -2.30. The zero-order chi connectivity index (χ0) is 21.0. The fourth-order valence-electron chi connectivity index (χ4n) is 2.76. The minimum atomic E-state index is -1.10. The lowest BCUT2D eigenvalue weighted by Gasteiger charge is -2.14. The zero-order valence-corrected chi connectivity index (χ0v) is 15.9. The number of ether oxygens (including phenoxy) is 2. The summed E-state index contributed by atoms with van der Waals surface area (Å²) in [6.07, 6.45) is 0.480. The number of amides is 3. The van der Waals surface area contributed by atoms with E-state index in [1.54, 1.807) is 18.2 Å². The molecule has 0 spiro atoms. The Hall–Kier alpha value is -3.81. The van der Waals surface area contributed by atoms with Crippen molar-refractivity contribution in [3.63, 3.8) is 0 Å². The maximum atomic E-state index is 12.6. The van der Waals surface area contributed by atoms with Crippen LogP contribution >= 0.6 is 0 Å². The number of hydrogen-bond acceptors (Lipinski definition) is 5. The van der Waals surface area contributed by atoms with Gasteiger partial charge in [-0.2, -0.15) is 0 Å². The van der Waals surface area contributed by atoms with Crippen molar-refractivity contribution in [1.29, 1.82) is 0 Å². The molecule has 8 heteroatoms. The molecule has 0 aliphatic carbocycles. The molecule has 0 bridgehead atoms. The van der Waals surface area contributed by atoms with Crippen molar-refractivity contribution >= 4 is 24.0 Å². The van der Waals surface area contributed by atoms with E-state index in [1.165, 1.54) is 20.1 Å². The van der Waals surface area contributed by atoms with Gasteiger partial charge in [0, 0.05) is 0 Å². The van der Waals surface area contributed by atoms with Crippen molar-refractivity contribution in [2.24, 2.45) is 0 Å². The topological polar surface area (TPSA) is 105 Å². The van der Waals surface area contributed by atoms with Crippen LogP contribution in [0.1, 0.15) is 18.1 Å². The highest BCUT2D eigenvalue weighted by molar-refractivity contribution is 6.13. The van der Waals surface area contributed by atoms with Gasteiger partial charge in [-0.05, 0) is 36.3 Å². The van der Waals surface area contributed by atoms with Crippen molar-refractivity contribution in [2.45, 2.75) is 19.6 Å². The lowest BCUT2D eigenvalue weighted by atomic mass is 10.1. The number of benzene rings is 2. The monoisotopic (exact) mass is 396 g/mol. The van der Waals surface area contributed by atoms with Crippen LogP contribution < -0.4 is 14.8 Å². The van der Waals surface area contributed by atoms with E-state index in [4.69, 9.17) is 14.6 Å².